The van der Waals surface area contributed by atoms with Crippen LogP contribution in [0.3, 0.4) is 0 Å². The summed E-state index contributed by atoms with van der Waals surface area (Å²) in [6.45, 7) is 2.87. The van der Waals surface area contributed by atoms with Crippen LogP contribution in [0.1, 0.15) is 31.2 Å². The van der Waals surface area contributed by atoms with E-state index < -0.39 is 0 Å². The molecule has 0 spiro atoms. The van der Waals surface area contributed by atoms with Crippen molar-refractivity contribution in [1.29, 1.82) is 0 Å². The molecule has 3 rings (SSSR count). The van der Waals surface area contributed by atoms with Gasteiger partial charge in [-0.25, -0.2) is 0 Å². The number of likely N-dealkylation sites (tertiary alicyclic amines) is 1. The first-order valence-corrected chi connectivity index (χ1v) is 10.2. The van der Waals surface area contributed by atoms with Crippen molar-refractivity contribution in [3.8, 4) is 0 Å². The molecule has 0 bridgehead atoms. The lowest BCUT2D eigenvalue weighted by Gasteiger charge is -2.33. The summed E-state index contributed by atoms with van der Waals surface area (Å²) in [5, 5.41) is 8.94. The first-order chi connectivity index (χ1) is 13.6. The Hall–Kier alpha value is -2.41. The van der Waals surface area contributed by atoms with Crippen LogP contribution in [0, 0.1) is 5.92 Å². The molecule has 2 saturated heterocycles. The zero-order valence-electron chi connectivity index (χ0n) is 16.3. The van der Waals surface area contributed by atoms with Gasteiger partial charge in [0.15, 0.2) is 0 Å². The van der Waals surface area contributed by atoms with Gasteiger partial charge in [-0.1, -0.05) is 30.3 Å². The minimum atomic E-state index is -0.149. The molecule has 2 fully saturated rings. The van der Waals surface area contributed by atoms with Gasteiger partial charge in [0.25, 0.3) is 0 Å². The van der Waals surface area contributed by atoms with Crippen LogP contribution in [-0.4, -0.2) is 61.4 Å². The normalized spacial score (nSPS) is 21.9. The molecule has 0 aliphatic carbocycles. The zero-order valence-corrected chi connectivity index (χ0v) is 16.3. The predicted molar refractivity (Wildman–Crippen MR) is 106 cm³/mol. The Balaban J connectivity index is 1.37. The molecule has 0 saturated carbocycles. The summed E-state index contributed by atoms with van der Waals surface area (Å²) in [6, 6.07) is 9.41. The van der Waals surface area contributed by atoms with Gasteiger partial charge in [0.1, 0.15) is 0 Å². The van der Waals surface area contributed by atoms with E-state index in [2.05, 4.69) is 16.0 Å². The van der Waals surface area contributed by atoms with E-state index in [1.165, 1.54) is 0 Å². The van der Waals surface area contributed by atoms with Crippen molar-refractivity contribution >= 4 is 17.7 Å². The molecule has 3 amide bonds. The maximum atomic E-state index is 12.5. The Morgan fingerprint density at radius 3 is 2.64 bits per heavy atom. The molecule has 2 unspecified atom stereocenters. The van der Waals surface area contributed by atoms with Crippen LogP contribution < -0.4 is 16.0 Å². The summed E-state index contributed by atoms with van der Waals surface area (Å²) in [5.41, 5.74) is 0.929. The van der Waals surface area contributed by atoms with E-state index in [4.69, 9.17) is 0 Å². The van der Waals surface area contributed by atoms with Crippen molar-refractivity contribution in [2.24, 2.45) is 5.92 Å². The van der Waals surface area contributed by atoms with Crippen molar-refractivity contribution in [1.82, 2.24) is 20.9 Å². The van der Waals surface area contributed by atoms with E-state index in [-0.39, 0.29) is 42.6 Å². The molecular formula is C21H30N4O3. The minimum Gasteiger partial charge on any atom is -0.354 e. The SMILES string of the molecule is O=C(Cc1ccccc1)NCC(=O)N1CCCC(CNC(=O)C2CCCN2)C1. The molecule has 2 aliphatic rings. The van der Waals surface area contributed by atoms with Gasteiger partial charge in [-0.2, -0.15) is 0 Å². The maximum Gasteiger partial charge on any atom is 0.241 e. The molecule has 7 nitrogen and oxygen atoms in total. The van der Waals surface area contributed by atoms with E-state index in [1.54, 1.807) is 4.90 Å². The summed E-state index contributed by atoms with van der Waals surface area (Å²) in [4.78, 5) is 38.4. The van der Waals surface area contributed by atoms with E-state index in [1.807, 2.05) is 30.3 Å². The quantitative estimate of drug-likeness (QED) is 0.635. The number of hydrogen-bond acceptors (Lipinski definition) is 4. The summed E-state index contributed by atoms with van der Waals surface area (Å²) in [7, 11) is 0. The van der Waals surface area contributed by atoms with Gasteiger partial charge in [0.05, 0.1) is 19.0 Å². The van der Waals surface area contributed by atoms with Gasteiger partial charge in [-0.05, 0) is 43.7 Å². The fourth-order valence-corrected chi connectivity index (χ4v) is 3.86. The second-order valence-electron chi connectivity index (χ2n) is 7.68. The third-order valence-electron chi connectivity index (χ3n) is 5.46. The number of carbonyl (C=O) groups is 3. The first kappa shape index (κ1) is 20.3. The molecule has 2 heterocycles. The highest BCUT2D eigenvalue weighted by Gasteiger charge is 2.26. The number of nitrogens with one attached hydrogen (secondary N) is 3. The third kappa shape index (κ3) is 6.05. The standard InChI is InChI=1S/C21H30N4O3/c26-19(12-16-6-2-1-3-7-16)23-14-20(27)25-11-5-8-17(15-25)13-24-21(28)18-9-4-10-22-18/h1-3,6-7,17-18,22H,4-5,8-15H2,(H,23,26)(H,24,28). The Kier molecular flexibility index (Phi) is 7.42. The lowest BCUT2D eigenvalue weighted by molar-refractivity contribution is -0.134. The Morgan fingerprint density at radius 1 is 1.07 bits per heavy atom. The van der Waals surface area contributed by atoms with Crippen LogP contribution in [-0.2, 0) is 20.8 Å². The topological polar surface area (TPSA) is 90.5 Å². The maximum absolute atomic E-state index is 12.5. The predicted octanol–water partition coefficient (Wildman–Crippen LogP) is 0.452. The third-order valence-corrected chi connectivity index (χ3v) is 5.46. The van der Waals surface area contributed by atoms with Crippen LogP contribution >= 0.6 is 0 Å². The molecule has 1 aromatic rings. The second kappa shape index (κ2) is 10.2. The Bertz CT molecular complexity index is 673. The fourth-order valence-electron chi connectivity index (χ4n) is 3.86. The molecule has 0 aromatic heterocycles. The van der Waals surface area contributed by atoms with Crippen molar-refractivity contribution in [2.75, 3.05) is 32.7 Å². The Labute approximate surface area is 166 Å². The molecular weight excluding hydrogens is 356 g/mol. The van der Waals surface area contributed by atoms with Gasteiger partial charge in [-0.15, -0.1) is 0 Å². The number of benzene rings is 1. The molecule has 3 N–H and O–H groups in total. The van der Waals surface area contributed by atoms with Crippen molar-refractivity contribution in [2.45, 2.75) is 38.1 Å². The van der Waals surface area contributed by atoms with Crippen LogP contribution in [0.5, 0.6) is 0 Å². The largest absolute Gasteiger partial charge is 0.354 e. The van der Waals surface area contributed by atoms with Crippen LogP contribution in [0.15, 0.2) is 30.3 Å². The van der Waals surface area contributed by atoms with Crippen molar-refractivity contribution < 1.29 is 14.4 Å². The lowest BCUT2D eigenvalue weighted by Crippen LogP contribution is -2.48. The number of piperidine rings is 1. The average Bonchev–Trinajstić information content (AvgIpc) is 3.26. The average molecular weight is 386 g/mol. The molecule has 2 aliphatic heterocycles. The van der Waals surface area contributed by atoms with E-state index in [9.17, 15) is 14.4 Å². The highest BCUT2D eigenvalue weighted by atomic mass is 16.2. The minimum absolute atomic E-state index is 0.0245. The van der Waals surface area contributed by atoms with Gasteiger partial charge >= 0.3 is 0 Å². The van der Waals surface area contributed by atoms with Gasteiger partial charge < -0.3 is 20.9 Å². The lowest BCUT2D eigenvalue weighted by atomic mass is 9.97. The van der Waals surface area contributed by atoms with E-state index >= 15 is 0 Å². The number of nitrogens with zero attached hydrogens (tertiary/aromatic N) is 1. The highest BCUT2D eigenvalue weighted by molar-refractivity contribution is 5.85. The van der Waals surface area contributed by atoms with Crippen LogP contribution in [0.2, 0.25) is 0 Å². The summed E-state index contributed by atoms with van der Waals surface area (Å²) in [5.74, 6) is 0.122. The number of hydrogen-bond donors (Lipinski definition) is 3. The van der Waals surface area contributed by atoms with Gasteiger partial charge in [-0.3, -0.25) is 14.4 Å². The zero-order chi connectivity index (χ0) is 19.8. The molecule has 1 aromatic carbocycles. The number of amides is 3. The Morgan fingerprint density at radius 2 is 1.89 bits per heavy atom. The monoisotopic (exact) mass is 386 g/mol. The van der Waals surface area contributed by atoms with Crippen LogP contribution in [0.4, 0.5) is 0 Å². The summed E-state index contributed by atoms with van der Waals surface area (Å²) < 4.78 is 0. The van der Waals surface area contributed by atoms with Crippen LogP contribution in [0.25, 0.3) is 0 Å². The van der Waals surface area contributed by atoms with Crippen molar-refractivity contribution in [3.05, 3.63) is 35.9 Å². The number of rotatable bonds is 7. The van der Waals surface area contributed by atoms with Gasteiger partial charge in [0.2, 0.25) is 17.7 Å². The molecule has 7 heteroatoms. The fraction of sp³-hybridized carbons (Fsp3) is 0.571. The van der Waals surface area contributed by atoms with E-state index in [0.29, 0.717) is 19.6 Å². The van der Waals surface area contributed by atoms with Gasteiger partial charge in [0, 0.05) is 19.6 Å². The van der Waals surface area contributed by atoms with E-state index in [0.717, 1.165) is 37.8 Å². The number of carbonyl (C=O) groups excluding carboxylic acids is 3. The smallest absolute Gasteiger partial charge is 0.241 e. The molecule has 28 heavy (non-hydrogen) atoms. The molecule has 152 valence electrons. The molecule has 0 radical (unpaired) electrons. The second-order valence-corrected chi connectivity index (χ2v) is 7.68. The highest BCUT2D eigenvalue weighted by Crippen LogP contribution is 2.16. The summed E-state index contributed by atoms with van der Waals surface area (Å²) >= 11 is 0. The summed E-state index contributed by atoms with van der Waals surface area (Å²) in [6.07, 6.45) is 4.13. The first-order valence-electron chi connectivity index (χ1n) is 10.2. The molecule has 2 atom stereocenters. The van der Waals surface area contributed by atoms with Crippen molar-refractivity contribution in [3.63, 3.8) is 0 Å².